The number of nitro groups is 1. The fraction of sp³-hybridized carbons (Fsp3) is 0.0667. The van der Waals surface area contributed by atoms with E-state index in [1.165, 1.54) is 17.5 Å². The molecule has 0 atom stereocenters. The van der Waals surface area contributed by atoms with E-state index in [-0.39, 0.29) is 10.6 Å². The van der Waals surface area contributed by atoms with Crippen LogP contribution in [0.4, 0.5) is 10.7 Å². The monoisotopic (exact) mass is 313 g/mol. The molecule has 2 aromatic rings. The van der Waals surface area contributed by atoms with Gasteiger partial charge in [-0.1, -0.05) is 29.0 Å². The number of hydrogen-bond donors (Lipinski definition) is 1. The van der Waals surface area contributed by atoms with Crippen LogP contribution in [-0.4, -0.2) is 10.8 Å². The van der Waals surface area contributed by atoms with Gasteiger partial charge in [0.1, 0.15) is 11.6 Å². The quantitative estimate of drug-likeness (QED) is 0.404. The van der Waals surface area contributed by atoms with Crippen molar-refractivity contribution in [3.8, 4) is 6.07 Å². The summed E-state index contributed by atoms with van der Waals surface area (Å²) in [5.74, 6) is -0.555. The fourth-order valence-electron chi connectivity index (χ4n) is 1.66. The summed E-state index contributed by atoms with van der Waals surface area (Å²) in [5, 5.41) is 23.8. The van der Waals surface area contributed by atoms with Crippen molar-refractivity contribution in [3.63, 3.8) is 0 Å². The van der Waals surface area contributed by atoms with Gasteiger partial charge < -0.3 is 5.32 Å². The number of thiophene rings is 1. The van der Waals surface area contributed by atoms with Gasteiger partial charge in [0, 0.05) is 17.1 Å². The maximum atomic E-state index is 12.0. The summed E-state index contributed by atoms with van der Waals surface area (Å²) in [4.78, 5) is 22.2. The number of benzene rings is 1. The predicted octanol–water partition coefficient (Wildman–Crippen LogP) is 3.51. The molecule has 0 spiro atoms. The molecule has 6 nitrogen and oxygen atoms in total. The molecule has 2 rings (SSSR count). The smallest absolute Gasteiger partial charge is 0.321 e. The molecule has 0 saturated heterocycles. The molecule has 22 heavy (non-hydrogen) atoms. The fourth-order valence-corrected chi connectivity index (χ4v) is 2.34. The van der Waals surface area contributed by atoms with Gasteiger partial charge >= 0.3 is 5.00 Å². The number of nitrogens with zero attached hydrogens (tertiary/aromatic N) is 2. The number of hydrogen-bond acceptors (Lipinski definition) is 5. The van der Waals surface area contributed by atoms with Crippen molar-refractivity contribution in [2.45, 2.75) is 6.92 Å². The molecule has 7 heteroatoms. The van der Waals surface area contributed by atoms with E-state index in [9.17, 15) is 14.9 Å². The first-order valence-electron chi connectivity index (χ1n) is 6.22. The van der Waals surface area contributed by atoms with Crippen molar-refractivity contribution in [1.29, 1.82) is 5.26 Å². The molecule has 0 aliphatic heterocycles. The number of aryl methyl sites for hydroxylation is 1. The van der Waals surface area contributed by atoms with Crippen LogP contribution in [0.25, 0.3) is 6.08 Å². The second kappa shape index (κ2) is 6.65. The number of nitriles is 1. The van der Waals surface area contributed by atoms with Crippen molar-refractivity contribution in [3.05, 3.63) is 62.5 Å². The first-order valence-corrected chi connectivity index (χ1v) is 7.10. The van der Waals surface area contributed by atoms with Crippen molar-refractivity contribution in [1.82, 2.24) is 0 Å². The summed E-state index contributed by atoms with van der Waals surface area (Å²) in [6.07, 6.45) is 1.33. The molecule has 0 fully saturated rings. The van der Waals surface area contributed by atoms with Crippen LogP contribution in [0.3, 0.4) is 0 Å². The molecule has 0 radical (unpaired) electrons. The van der Waals surface area contributed by atoms with Crippen LogP contribution in [0.5, 0.6) is 0 Å². The number of amides is 1. The molecule has 1 aromatic carbocycles. The number of nitrogens with one attached hydrogen (secondary N) is 1. The van der Waals surface area contributed by atoms with E-state index < -0.39 is 10.8 Å². The predicted molar refractivity (Wildman–Crippen MR) is 84.4 cm³/mol. The first kappa shape index (κ1) is 15.4. The minimum absolute atomic E-state index is 0.0394. The summed E-state index contributed by atoms with van der Waals surface area (Å²) in [5.41, 5.74) is 1.97. The van der Waals surface area contributed by atoms with Crippen LogP contribution in [-0.2, 0) is 4.79 Å². The third-order valence-corrected chi connectivity index (χ3v) is 3.67. The zero-order chi connectivity index (χ0) is 16.1. The van der Waals surface area contributed by atoms with E-state index in [1.54, 1.807) is 18.2 Å². The average Bonchev–Trinajstić information content (AvgIpc) is 2.96. The van der Waals surface area contributed by atoms with E-state index in [0.29, 0.717) is 11.3 Å². The summed E-state index contributed by atoms with van der Waals surface area (Å²) in [6.45, 7) is 1.93. The average molecular weight is 313 g/mol. The largest absolute Gasteiger partial charge is 0.324 e. The second-order valence-corrected chi connectivity index (χ2v) is 5.36. The molecule has 0 aliphatic rings. The molecule has 1 N–H and O–H groups in total. The van der Waals surface area contributed by atoms with Crippen LogP contribution < -0.4 is 5.32 Å². The molecular formula is C15H11N3O3S. The van der Waals surface area contributed by atoms with E-state index in [4.69, 9.17) is 5.26 Å². The highest BCUT2D eigenvalue weighted by Crippen LogP contribution is 2.24. The molecular weight excluding hydrogens is 302 g/mol. The van der Waals surface area contributed by atoms with Crippen molar-refractivity contribution >= 4 is 34.0 Å². The zero-order valence-corrected chi connectivity index (χ0v) is 12.4. The molecule has 1 amide bonds. The van der Waals surface area contributed by atoms with Crippen molar-refractivity contribution < 1.29 is 9.72 Å². The molecule has 0 bridgehead atoms. The maximum Gasteiger partial charge on any atom is 0.324 e. The minimum Gasteiger partial charge on any atom is -0.321 e. The van der Waals surface area contributed by atoms with Crippen LogP contribution in [0.1, 0.15) is 11.1 Å². The van der Waals surface area contributed by atoms with Crippen molar-refractivity contribution in [2.24, 2.45) is 0 Å². The maximum absolute atomic E-state index is 12.0. The molecule has 1 heterocycles. The molecule has 110 valence electrons. The van der Waals surface area contributed by atoms with Gasteiger partial charge in [-0.3, -0.25) is 14.9 Å². The Morgan fingerprint density at radius 1 is 1.41 bits per heavy atom. The molecule has 0 aliphatic carbocycles. The third kappa shape index (κ3) is 3.77. The summed E-state index contributed by atoms with van der Waals surface area (Å²) in [6, 6.07) is 10.3. The van der Waals surface area contributed by atoms with Gasteiger partial charge in [-0.25, -0.2) is 0 Å². The van der Waals surface area contributed by atoms with Gasteiger partial charge in [0.05, 0.1) is 4.92 Å². The SMILES string of the molecule is Cc1ccc(NC(=O)/C(C#N)=C\c2csc([N+](=O)[O-])c2)cc1. The number of anilines is 1. The summed E-state index contributed by atoms with van der Waals surface area (Å²) >= 11 is 0.943. The Balaban J connectivity index is 2.17. The Morgan fingerprint density at radius 2 is 2.09 bits per heavy atom. The van der Waals surface area contributed by atoms with Gasteiger partial charge in [0.15, 0.2) is 0 Å². The van der Waals surface area contributed by atoms with Gasteiger partial charge in [-0.15, -0.1) is 0 Å². The van der Waals surface area contributed by atoms with E-state index in [0.717, 1.165) is 16.9 Å². The Bertz CT molecular complexity index is 785. The third-order valence-electron chi connectivity index (χ3n) is 2.77. The molecule has 1 aromatic heterocycles. The second-order valence-electron chi connectivity index (χ2n) is 4.47. The number of carbonyl (C=O) groups is 1. The standard InChI is InChI=1S/C15H11N3O3S/c1-10-2-4-13(5-3-10)17-15(19)12(8-16)6-11-7-14(18(20)21)22-9-11/h2-7,9H,1H3,(H,17,19)/b12-6-. The highest BCUT2D eigenvalue weighted by atomic mass is 32.1. The van der Waals surface area contributed by atoms with Crippen LogP contribution in [0, 0.1) is 28.4 Å². The summed E-state index contributed by atoms with van der Waals surface area (Å²) < 4.78 is 0. The summed E-state index contributed by atoms with van der Waals surface area (Å²) in [7, 11) is 0. The van der Waals surface area contributed by atoms with Gasteiger partial charge in [0.25, 0.3) is 5.91 Å². The van der Waals surface area contributed by atoms with Crippen LogP contribution in [0.2, 0.25) is 0 Å². The van der Waals surface area contributed by atoms with E-state index in [1.807, 2.05) is 19.1 Å². The first-order chi connectivity index (χ1) is 10.5. The lowest BCUT2D eigenvalue weighted by Gasteiger charge is -2.04. The Morgan fingerprint density at radius 3 is 2.64 bits per heavy atom. The van der Waals surface area contributed by atoms with Crippen molar-refractivity contribution in [2.75, 3.05) is 5.32 Å². The van der Waals surface area contributed by atoms with Gasteiger partial charge in [-0.2, -0.15) is 5.26 Å². The van der Waals surface area contributed by atoms with Crippen LogP contribution in [0.15, 0.2) is 41.3 Å². The Labute approximate surface area is 130 Å². The van der Waals surface area contributed by atoms with Gasteiger partial charge in [-0.05, 0) is 30.7 Å². The molecule has 0 saturated carbocycles. The topological polar surface area (TPSA) is 96.0 Å². The highest BCUT2D eigenvalue weighted by molar-refractivity contribution is 7.13. The van der Waals surface area contributed by atoms with E-state index >= 15 is 0 Å². The number of rotatable bonds is 4. The van der Waals surface area contributed by atoms with E-state index in [2.05, 4.69) is 5.32 Å². The minimum atomic E-state index is -0.555. The van der Waals surface area contributed by atoms with Crippen LogP contribution >= 0.6 is 11.3 Å². The van der Waals surface area contributed by atoms with Gasteiger partial charge in [0.2, 0.25) is 0 Å². The molecule has 0 unspecified atom stereocenters. The zero-order valence-electron chi connectivity index (χ0n) is 11.6. The lowest BCUT2D eigenvalue weighted by molar-refractivity contribution is -0.380. The highest BCUT2D eigenvalue weighted by Gasteiger charge is 2.12. The number of carbonyl (C=O) groups excluding carboxylic acids is 1. The Kier molecular flexibility index (Phi) is 4.66. The lowest BCUT2D eigenvalue weighted by Crippen LogP contribution is -2.13. The normalized spacial score (nSPS) is 10.8. The Hall–Kier alpha value is -2.98. The lowest BCUT2D eigenvalue weighted by atomic mass is 10.1.